The van der Waals surface area contributed by atoms with Gasteiger partial charge in [0.15, 0.2) is 5.78 Å². The van der Waals surface area contributed by atoms with Crippen LogP contribution in [0.15, 0.2) is 60.8 Å². The van der Waals surface area contributed by atoms with Gasteiger partial charge < -0.3 is 4.90 Å². The summed E-state index contributed by atoms with van der Waals surface area (Å²) in [6.07, 6.45) is 1.31. The number of fused-ring (bicyclic) bond motifs is 1. The maximum absolute atomic E-state index is 13.4. The molecule has 2 aliphatic rings. The van der Waals surface area contributed by atoms with Crippen LogP contribution in [-0.4, -0.2) is 22.4 Å². The van der Waals surface area contributed by atoms with Crippen molar-refractivity contribution in [1.82, 2.24) is 4.90 Å². The Labute approximate surface area is 113 Å². The quantitative estimate of drug-likeness (QED) is 0.785. The number of benzene rings is 1. The van der Waals surface area contributed by atoms with Crippen LogP contribution in [0.1, 0.15) is 5.56 Å². The number of hydrogen-bond donors (Lipinski definition) is 0. The first-order valence-corrected chi connectivity index (χ1v) is 6.00. The van der Waals surface area contributed by atoms with Gasteiger partial charge in [-0.2, -0.15) is 13.2 Å². The van der Waals surface area contributed by atoms with Crippen LogP contribution < -0.4 is 0 Å². The fourth-order valence-corrected chi connectivity index (χ4v) is 2.51. The van der Waals surface area contributed by atoms with Crippen molar-refractivity contribution in [3.05, 3.63) is 66.4 Å². The van der Waals surface area contributed by atoms with Gasteiger partial charge in [-0.15, -0.1) is 0 Å². The lowest BCUT2D eigenvalue weighted by atomic mass is 9.92. The van der Waals surface area contributed by atoms with Crippen LogP contribution >= 0.6 is 0 Å². The van der Waals surface area contributed by atoms with E-state index >= 15 is 0 Å². The second kappa shape index (κ2) is 4.10. The molecule has 5 heteroatoms. The van der Waals surface area contributed by atoms with Crippen molar-refractivity contribution in [2.75, 3.05) is 0 Å². The first-order valence-electron chi connectivity index (χ1n) is 6.00. The Kier molecular flexibility index (Phi) is 2.61. The van der Waals surface area contributed by atoms with Crippen molar-refractivity contribution in [2.24, 2.45) is 0 Å². The first-order chi connectivity index (χ1) is 9.47. The molecule has 102 valence electrons. The molecule has 2 aliphatic heterocycles. The second-order valence-corrected chi connectivity index (χ2v) is 4.59. The van der Waals surface area contributed by atoms with Crippen LogP contribution in [0.5, 0.6) is 0 Å². The number of halogens is 3. The normalized spacial score (nSPS) is 24.9. The van der Waals surface area contributed by atoms with E-state index in [2.05, 4.69) is 0 Å². The smallest absolute Gasteiger partial charge is 0.323 e. The van der Waals surface area contributed by atoms with E-state index in [0.29, 0.717) is 5.56 Å². The fraction of sp³-hybridized carbons (Fsp3) is 0.133. The molecule has 0 N–H and O–H groups in total. The standard InChI is InChI=1S/C15H10F3NO/c16-15(17,18)14-8-4-5-9-19(14)12(10-13(14)20)11-6-2-1-3-7-11/h1-10H. The summed E-state index contributed by atoms with van der Waals surface area (Å²) >= 11 is 0. The Balaban J connectivity index is 2.15. The molecule has 2 heterocycles. The minimum Gasteiger partial charge on any atom is -0.323 e. The minimum absolute atomic E-state index is 0.258. The van der Waals surface area contributed by atoms with E-state index in [1.165, 1.54) is 18.4 Å². The lowest BCUT2D eigenvalue weighted by Crippen LogP contribution is -2.57. The van der Waals surface area contributed by atoms with E-state index in [9.17, 15) is 18.0 Å². The second-order valence-electron chi connectivity index (χ2n) is 4.59. The van der Waals surface area contributed by atoms with Crippen molar-refractivity contribution in [3.8, 4) is 0 Å². The zero-order valence-electron chi connectivity index (χ0n) is 10.3. The topological polar surface area (TPSA) is 20.3 Å². The lowest BCUT2D eigenvalue weighted by molar-refractivity contribution is -0.195. The third-order valence-electron chi connectivity index (χ3n) is 3.47. The van der Waals surface area contributed by atoms with Crippen LogP contribution in [0.4, 0.5) is 13.2 Å². The summed E-state index contributed by atoms with van der Waals surface area (Å²) in [6.45, 7) is 0. The third-order valence-corrected chi connectivity index (χ3v) is 3.47. The zero-order valence-corrected chi connectivity index (χ0v) is 10.3. The highest BCUT2D eigenvalue weighted by Gasteiger charge is 2.64. The highest BCUT2D eigenvalue weighted by atomic mass is 19.4. The molecule has 0 saturated carbocycles. The van der Waals surface area contributed by atoms with Gasteiger partial charge in [-0.05, 0) is 17.7 Å². The Morgan fingerprint density at radius 3 is 2.40 bits per heavy atom. The number of alkyl halides is 3. The van der Waals surface area contributed by atoms with Gasteiger partial charge in [-0.25, -0.2) is 0 Å². The number of allylic oxidation sites excluding steroid dienone is 2. The number of carbonyl (C=O) groups excluding carboxylic acids is 1. The molecule has 0 aliphatic carbocycles. The molecule has 0 spiro atoms. The summed E-state index contributed by atoms with van der Waals surface area (Å²) in [5, 5.41) is 0. The number of carbonyl (C=O) groups is 1. The van der Waals surface area contributed by atoms with E-state index < -0.39 is 17.5 Å². The minimum atomic E-state index is -4.68. The highest BCUT2D eigenvalue weighted by molar-refractivity contribution is 6.10. The fourth-order valence-electron chi connectivity index (χ4n) is 2.51. The molecule has 20 heavy (non-hydrogen) atoms. The molecule has 0 saturated heterocycles. The predicted octanol–water partition coefficient (Wildman–Crippen LogP) is 3.30. The SMILES string of the molecule is O=C1C=C(c2ccccc2)N2C=CC=CC12C(F)(F)F. The zero-order chi connectivity index (χ0) is 14.4. The average molecular weight is 277 g/mol. The molecule has 0 amide bonds. The molecular weight excluding hydrogens is 267 g/mol. The van der Waals surface area contributed by atoms with Gasteiger partial charge in [0.05, 0.1) is 5.70 Å². The molecule has 0 aromatic heterocycles. The van der Waals surface area contributed by atoms with Gasteiger partial charge in [-0.3, -0.25) is 4.79 Å². The van der Waals surface area contributed by atoms with Crippen molar-refractivity contribution < 1.29 is 18.0 Å². The number of hydrogen-bond acceptors (Lipinski definition) is 2. The molecule has 1 unspecified atom stereocenters. The van der Waals surface area contributed by atoms with Gasteiger partial charge in [0.1, 0.15) is 0 Å². The third kappa shape index (κ3) is 1.56. The first kappa shape index (κ1) is 12.7. The van der Waals surface area contributed by atoms with Crippen molar-refractivity contribution in [2.45, 2.75) is 11.7 Å². The molecule has 1 atom stereocenters. The lowest BCUT2D eigenvalue weighted by Gasteiger charge is -2.38. The van der Waals surface area contributed by atoms with E-state index in [-0.39, 0.29) is 5.70 Å². The molecule has 0 fully saturated rings. The predicted molar refractivity (Wildman–Crippen MR) is 68.3 cm³/mol. The molecule has 1 aromatic carbocycles. The van der Waals surface area contributed by atoms with E-state index in [1.807, 2.05) is 0 Å². The van der Waals surface area contributed by atoms with Crippen molar-refractivity contribution in [3.63, 3.8) is 0 Å². The maximum atomic E-state index is 13.4. The molecule has 1 aromatic rings. The van der Waals surface area contributed by atoms with Gasteiger partial charge in [0, 0.05) is 12.3 Å². The summed E-state index contributed by atoms with van der Waals surface area (Å²) in [5.74, 6) is -0.968. The van der Waals surface area contributed by atoms with Crippen molar-refractivity contribution >= 4 is 11.5 Å². The van der Waals surface area contributed by atoms with Gasteiger partial charge in [0.2, 0.25) is 5.54 Å². The average Bonchev–Trinajstić information content (AvgIpc) is 2.74. The van der Waals surface area contributed by atoms with Crippen LogP contribution in [-0.2, 0) is 4.79 Å². The largest absolute Gasteiger partial charge is 0.423 e. The van der Waals surface area contributed by atoms with Gasteiger partial charge in [0.25, 0.3) is 0 Å². The van der Waals surface area contributed by atoms with E-state index in [1.54, 1.807) is 30.3 Å². The highest BCUT2D eigenvalue weighted by Crippen LogP contribution is 2.47. The van der Waals surface area contributed by atoms with Crippen LogP contribution in [0, 0.1) is 0 Å². The van der Waals surface area contributed by atoms with Gasteiger partial charge in [-0.1, -0.05) is 36.4 Å². The molecule has 2 nitrogen and oxygen atoms in total. The summed E-state index contributed by atoms with van der Waals surface area (Å²) < 4.78 is 40.3. The Morgan fingerprint density at radius 1 is 1.05 bits per heavy atom. The van der Waals surface area contributed by atoms with Crippen molar-refractivity contribution in [1.29, 1.82) is 0 Å². The number of nitrogens with zero attached hydrogens (tertiary/aromatic N) is 1. The summed E-state index contributed by atoms with van der Waals surface area (Å²) in [6, 6.07) is 8.56. The van der Waals surface area contributed by atoms with E-state index in [0.717, 1.165) is 17.1 Å². The molecule has 0 bridgehead atoms. The molecule has 3 rings (SSSR count). The van der Waals surface area contributed by atoms with Gasteiger partial charge >= 0.3 is 6.18 Å². The summed E-state index contributed by atoms with van der Waals surface area (Å²) in [4.78, 5) is 13.0. The maximum Gasteiger partial charge on any atom is 0.423 e. The van der Waals surface area contributed by atoms with Crippen LogP contribution in [0.25, 0.3) is 5.70 Å². The van der Waals surface area contributed by atoms with Crippen LogP contribution in [0.2, 0.25) is 0 Å². The monoisotopic (exact) mass is 277 g/mol. The Bertz CT molecular complexity index is 643. The number of ketones is 1. The molecule has 0 radical (unpaired) electrons. The van der Waals surface area contributed by atoms with E-state index in [4.69, 9.17) is 0 Å². The molecular formula is C15H10F3NO. The number of rotatable bonds is 1. The Hall–Kier alpha value is -2.30. The summed E-state index contributed by atoms with van der Waals surface area (Å²) in [7, 11) is 0. The summed E-state index contributed by atoms with van der Waals surface area (Å²) in [5.41, 5.74) is -1.77. The Morgan fingerprint density at radius 2 is 1.75 bits per heavy atom. The van der Waals surface area contributed by atoms with Crippen LogP contribution in [0.3, 0.4) is 0 Å².